The van der Waals surface area contributed by atoms with E-state index in [9.17, 15) is 14.9 Å². The van der Waals surface area contributed by atoms with Gasteiger partial charge in [-0.25, -0.2) is 9.59 Å². The van der Waals surface area contributed by atoms with Crippen molar-refractivity contribution in [2.45, 2.75) is 39.3 Å². The van der Waals surface area contributed by atoms with Crippen LogP contribution in [0, 0.1) is 17.2 Å². The van der Waals surface area contributed by atoms with Crippen molar-refractivity contribution in [2.75, 3.05) is 39.8 Å². The summed E-state index contributed by atoms with van der Waals surface area (Å²) in [4.78, 5) is 34.7. The van der Waals surface area contributed by atoms with Crippen LogP contribution in [0.3, 0.4) is 0 Å². The highest BCUT2D eigenvalue weighted by atomic mass is 16.5. The number of likely N-dealkylation sites (N-methyl/N-ethyl adjacent to an activating group) is 1. The average molecular weight is 402 g/mol. The van der Waals surface area contributed by atoms with Gasteiger partial charge in [0.05, 0.1) is 12.7 Å². The van der Waals surface area contributed by atoms with Crippen LogP contribution in [-0.2, 0) is 9.53 Å². The van der Waals surface area contributed by atoms with E-state index < -0.39 is 6.04 Å². The lowest BCUT2D eigenvalue weighted by Gasteiger charge is -2.39. The lowest BCUT2D eigenvalue weighted by molar-refractivity contribution is -0.148. The van der Waals surface area contributed by atoms with Crippen LogP contribution in [0.25, 0.3) is 0 Å². The number of urea groups is 1. The first-order chi connectivity index (χ1) is 13.9. The van der Waals surface area contributed by atoms with Gasteiger partial charge in [-0.15, -0.1) is 0 Å². The fourth-order valence-electron chi connectivity index (χ4n) is 3.53. The smallest absolute Gasteiger partial charge is 0.328 e. The zero-order valence-electron chi connectivity index (χ0n) is 17.7. The van der Waals surface area contributed by atoms with E-state index in [-0.39, 0.29) is 30.6 Å². The first-order valence-corrected chi connectivity index (χ1v) is 10.1. The van der Waals surface area contributed by atoms with Crippen molar-refractivity contribution in [1.82, 2.24) is 19.7 Å². The van der Waals surface area contributed by atoms with E-state index in [0.717, 1.165) is 5.56 Å². The third-order valence-corrected chi connectivity index (χ3v) is 5.09. The summed E-state index contributed by atoms with van der Waals surface area (Å²) >= 11 is 0. The van der Waals surface area contributed by atoms with Crippen LogP contribution >= 0.6 is 0 Å². The Labute approximate surface area is 173 Å². The van der Waals surface area contributed by atoms with Gasteiger partial charge < -0.3 is 14.5 Å². The molecule has 1 aromatic heterocycles. The normalized spacial score (nSPS) is 16.8. The molecular formula is C21H31N5O3. The fraction of sp³-hybridized carbons (Fsp3) is 0.619. The number of esters is 1. The third-order valence-electron chi connectivity index (χ3n) is 5.09. The molecule has 2 rings (SSSR count). The van der Waals surface area contributed by atoms with Crippen molar-refractivity contribution in [1.29, 1.82) is 5.26 Å². The van der Waals surface area contributed by atoms with Crippen molar-refractivity contribution in [2.24, 2.45) is 5.92 Å². The van der Waals surface area contributed by atoms with Gasteiger partial charge in [-0.2, -0.15) is 5.26 Å². The predicted octanol–water partition coefficient (Wildman–Crippen LogP) is 2.29. The Hall–Kier alpha value is -2.66. The lowest BCUT2D eigenvalue weighted by atomic mass is 10.0. The zero-order valence-corrected chi connectivity index (χ0v) is 17.7. The molecule has 8 heteroatoms. The SMILES string of the molecule is CCOC(=O)[C@H](CC(C)C)N(C)C(=O)N1CCN(C(C#N)c2cccnc2)CC1. The van der Waals surface area contributed by atoms with Gasteiger partial charge in [0.2, 0.25) is 0 Å². The molecule has 1 unspecified atom stereocenters. The van der Waals surface area contributed by atoms with Gasteiger partial charge in [0.1, 0.15) is 12.1 Å². The fourth-order valence-corrected chi connectivity index (χ4v) is 3.53. The van der Waals surface area contributed by atoms with Crippen LogP contribution in [0.1, 0.15) is 38.8 Å². The van der Waals surface area contributed by atoms with Gasteiger partial charge in [-0.1, -0.05) is 19.9 Å². The second-order valence-corrected chi connectivity index (χ2v) is 7.63. The summed E-state index contributed by atoms with van der Waals surface area (Å²) in [7, 11) is 1.66. The minimum atomic E-state index is -0.595. The summed E-state index contributed by atoms with van der Waals surface area (Å²) in [5, 5.41) is 9.60. The number of carbonyl (C=O) groups excluding carboxylic acids is 2. The van der Waals surface area contributed by atoms with E-state index in [2.05, 4.69) is 16.0 Å². The molecular weight excluding hydrogens is 370 g/mol. The number of rotatable bonds is 7. The lowest BCUT2D eigenvalue weighted by Crippen LogP contribution is -2.55. The minimum Gasteiger partial charge on any atom is -0.464 e. The molecule has 2 amide bonds. The third kappa shape index (κ3) is 5.91. The molecule has 0 spiro atoms. The number of piperazine rings is 1. The number of hydrogen-bond acceptors (Lipinski definition) is 6. The van der Waals surface area contributed by atoms with E-state index in [1.807, 2.05) is 26.0 Å². The number of amides is 2. The highest BCUT2D eigenvalue weighted by Gasteiger charge is 2.34. The number of carbonyl (C=O) groups is 2. The Kier molecular flexibility index (Phi) is 8.40. The number of hydrogen-bond donors (Lipinski definition) is 0. The molecule has 0 saturated carbocycles. The van der Waals surface area contributed by atoms with Crippen LogP contribution < -0.4 is 0 Å². The largest absolute Gasteiger partial charge is 0.464 e. The van der Waals surface area contributed by atoms with Gasteiger partial charge >= 0.3 is 12.0 Å². The number of aromatic nitrogens is 1. The number of pyridine rings is 1. The molecule has 29 heavy (non-hydrogen) atoms. The maximum absolute atomic E-state index is 13.0. The Morgan fingerprint density at radius 3 is 2.52 bits per heavy atom. The molecule has 2 heterocycles. The number of ether oxygens (including phenoxy) is 1. The summed E-state index contributed by atoms with van der Waals surface area (Å²) in [6.45, 7) is 8.25. The van der Waals surface area contributed by atoms with Gasteiger partial charge in [-0.05, 0) is 25.3 Å². The number of nitriles is 1. The van der Waals surface area contributed by atoms with E-state index in [1.54, 1.807) is 31.3 Å². The minimum absolute atomic E-state index is 0.182. The van der Waals surface area contributed by atoms with E-state index in [1.165, 1.54) is 4.90 Å². The first kappa shape index (κ1) is 22.6. The zero-order chi connectivity index (χ0) is 21.4. The van der Waals surface area contributed by atoms with Crippen LogP contribution in [-0.4, -0.2) is 77.6 Å². The molecule has 1 aliphatic heterocycles. The van der Waals surface area contributed by atoms with Crippen LogP contribution in [0.15, 0.2) is 24.5 Å². The second kappa shape index (κ2) is 10.8. The maximum Gasteiger partial charge on any atom is 0.328 e. The standard InChI is InChI=1S/C21H31N5O3/c1-5-29-20(27)18(13-16(2)3)24(4)21(28)26-11-9-25(10-12-26)19(14-22)17-7-6-8-23-15-17/h6-8,15-16,18-19H,5,9-13H2,1-4H3/t18-,19?/m0/s1. The molecule has 0 bridgehead atoms. The summed E-state index contributed by atoms with van der Waals surface area (Å²) < 4.78 is 5.17. The molecule has 0 N–H and O–H groups in total. The Bertz CT molecular complexity index is 711. The number of nitrogens with zero attached hydrogens (tertiary/aromatic N) is 5. The van der Waals surface area contributed by atoms with E-state index >= 15 is 0 Å². The highest BCUT2D eigenvalue weighted by molar-refractivity contribution is 5.83. The molecule has 1 saturated heterocycles. The van der Waals surface area contributed by atoms with Crippen LogP contribution in [0.5, 0.6) is 0 Å². The summed E-state index contributed by atoms with van der Waals surface area (Å²) in [5.74, 6) is -0.107. The Balaban J connectivity index is 2.00. The second-order valence-electron chi connectivity index (χ2n) is 7.63. The molecule has 1 aromatic rings. The molecule has 0 radical (unpaired) electrons. The topological polar surface area (TPSA) is 89.8 Å². The van der Waals surface area contributed by atoms with Crippen molar-refractivity contribution in [3.63, 3.8) is 0 Å². The van der Waals surface area contributed by atoms with Crippen molar-refractivity contribution in [3.05, 3.63) is 30.1 Å². The molecule has 2 atom stereocenters. The monoisotopic (exact) mass is 401 g/mol. The van der Waals surface area contributed by atoms with Gasteiger partial charge in [0.25, 0.3) is 0 Å². The van der Waals surface area contributed by atoms with Gasteiger partial charge in [0, 0.05) is 51.2 Å². The predicted molar refractivity (Wildman–Crippen MR) is 109 cm³/mol. The molecule has 1 fully saturated rings. The first-order valence-electron chi connectivity index (χ1n) is 10.1. The van der Waals surface area contributed by atoms with Gasteiger partial charge in [0.15, 0.2) is 0 Å². The van der Waals surface area contributed by atoms with Gasteiger partial charge in [-0.3, -0.25) is 9.88 Å². The maximum atomic E-state index is 13.0. The Morgan fingerprint density at radius 2 is 2.00 bits per heavy atom. The van der Waals surface area contributed by atoms with Crippen molar-refractivity contribution in [3.8, 4) is 6.07 Å². The van der Waals surface area contributed by atoms with Crippen molar-refractivity contribution >= 4 is 12.0 Å². The molecule has 8 nitrogen and oxygen atoms in total. The van der Waals surface area contributed by atoms with Crippen LogP contribution in [0.4, 0.5) is 4.79 Å². The molecule has 0 aromatic carbocycles. The average Bonchev–Trinajstić information content (AvgIpc) is 2.73. The summed E-state index contributed by atoms with van der Waals surface area (Å²) in [5.41, 5.74) is 0.853. The molecule has 0 aliphatic carbocycles. The summed E-state index contributed by atoms with van der Waals surface area (Å²) in [6.07, 6.45) is 3.94. The highest BCUT2D eigenvalue weighted by Crippen LogP contribution is 2.22. The molecule has 158 valence electrons. The van der Waals surface area contributed by atoms with Crippen LogP contribution in [0.2, 0.25) is 0 Å². The molecule has 1 aliphatic rings. The van der Waals surface area contributed by atoms with E-state index in [4.69, 9.17) is 4.74 Å². The van der Waals surface area contributed by atoms with E-state index in [0.29, 0.717) is 32.6 Å². The Morgan fingerprint density at radius 1 is 1.31 bits per heavy atom. The summed E-state index contributed by atoms with van der Waals surface area (Å²) in [6, 6.07) is 4.88. The van der Waals surface area contributed by atoms with Crippen molar-refractivity contribution < 1.29 is 14.3 Å². The quantitative estimate of drug-likeness (QED) is 0.651.